The summed E-state index contributed by atoms with van der Waals surface area (Å²) in [5, 5.41) is 1.26. The molecule has 2 rings (SSSR count). The van der Waals surface area contributed by atoms with Crippen LogP contribution in [0.15, 0.2) is 6.20 Å². The van der Waals surface area contributed by atoms with E-state index in [4.69, 9.17) is 10.5 Å². The van der Waals surface area contributed by atoms with Crippen molar-refractivity contribution in [1.29, 1.82) is 0 Å². The highest BCUT2D eigenvalue weighted by Crippen LogP contribution is 2.22. The number of thiazole rings is 1. The van der Waals surface area contributed by atoms with Gasteiger partial charge in [-0.05, 0) is 31.7 Å². The zero-order valence-electron chi connectivity index (χ0n) is 8.95. The predicted octanol–water partition coefficient (Wildman–Crippen LogP) is 1.61. The summed E-state index contributed by atoms with van der Waals surface area (Å²) in [6.07, 6.45) is 6.43. The van der Waals surface area contributed by atoms with Crippen LogP contribution in [0.5, 0.6) is 0 Å². The Balaban J connectivity index is 1.83. The lowest BCUT2D eigenvalue weighted by Gasteiger charge is -2.02. The summed E-state index contributed by atoms with van der Waals surface area (Å²) in [7, 11) is 0. The van der Waals surface area contributed by atoms with Crippen LogP contribution >= 0.6 is 11.3 Å². The van der Waals surface area contributed by atoms with Crippen molar-refractivity contribution in [3.63, 3.8) is 0 Å². The van der Waals surface area contributed by atoms with Crippen LogP contribution in [0, 0.1) is 5.92 Å². The van der Waals surface area contributed by atoms with Crippen molar-refractivity contribution < 1.29 is 4.74 Å². The van der Waals surface area contributed by atoms with Gasteiger partial charge in [-0.15, -0.1) is 11.3 Å². The number of nitrogens with two attached hydrogens (primary N) is 1. The molecule has 1 aliphatic rings. The van der Waals surface area contributed by atoms with Gasteiger partial charge in [0.15, 0.2) is 0 Å². The van der Waals surface area contributed by atoms with E-state index in [2.05, 4.69) is 4.98 Å². The fourth-order valence-electron chi connectivity index (χ4n) is 1.83. The van der Waals surface area contributed by atoms with Crippen LogP contribution in [0.3, 0.4) is 0 Å². The van der Waals surface area contributed by atoms with E-state index in [1.807, 2.05) is 17.5 Å². The molecule has 2 heterocycles. The smallest absolute Gasteiger partial charge is 0.0931 e. The number of aryl methyl sites for hydroxylation is 1. The lowest BCUT2D eigenvalue weighted by atomic mass is 10.1. The van der Waals surface area contributed by atoms with Crippen LogP contribution in [0.25, 0.3) is 0 Å². The van der Waals surface area contributed by atoms with Crippen LogP contribution in [0.1, 0.15) is 22.7 Å². The molecule has 1 unspecified atom stereocenters. The normalized spacial score (nSPS) is 21.0. The molecule has 84 valence electrons. The summed E-state index contributed by atoms with van der Waals surface area (Å²) in [4.78, 5) is 5.82. The quantitative estimate of drug-likeness (QED) is 0.830. The van der Waals surface area contributed by atoms with Crippen molar-refractivity contribution in [2.75, 3.05) is 19.8 Å². The summed E-state index contributed by atoms with van der Waals surface area (Å²) in [5.74, 6) is 0.693. The molecular formula is C11H18N2OS. The van der Waals surface area contributed by atoms with Crippen molar-refractivity contribution in [1.82, 2.24) is 4.98 Å². The van der Waals surface area contributed by atoms with Crippen molar-refractivity contribution >= 4 is 11.3 Å². The number of nitrogens with zero attached hydrogens (tertiary/aromatic N) is 1. The van der Waals surface area contributed by atoms with E-state index >= 15 is 0 Å². The first-order valence-electron chi connectivity index (χ1n) is 5.60. The Bertz CT molecular complexity index is 295. The van der Waals surface area contributed by atoms with Crippen LogP contribution in [0.4, 0.5) is 0 Å². The Hall–Kier alpha value is -0.450. The first-order chi connectivity index (χ1) is 7.38. The molecule has 2 N–H and O–H groups in total. The van der Waals surface area contributed by atoms with E-state index in [1.54, 1.807) is 0 Å². The molecule has 15 heavy (non-hydrogen) atoms. The monoisotopic (exact) mass is 226 g/mol. The molecular weight excluding hydrogens is 208 g/mol. The van der Waals surface area contributed by atoms with Gasteiger partial charge in [0.05, 0.1) is 5.01 Å². The molecule has 0 bridgehead atoms. The molecule has 0 spiro atoms. The molecule has 0 aliphatic carbocycles. The molecule has 4 heteroatoms. The highest BCUT2D eigenvalue weighted by Gasteiger charge is 2.17. The average molecular weight is 226 g/mol. The number of hydrogen-bond donors (Lipinski definition) is 1. The van der Waals surface area contributed by atoms with Gasteiger partial charge in [0.2, 0.25) is 0 Å². The lowest BCUT2D eigenvalue weighted by Crippen LogP contribution is -2.02. The van der Waals surface area contributed by atoms with Gasteiger partial charge in [-0.2, -0.15) is 0 Å². The highest BCUT2D eigenvalue weighted by atomic mass is 32.1. The molecule has 1 atom stereocenters. The van der Waals surface area contributed by atoms with Crippen molar-refractivity contribution in [2.24, 2.45) is 11.7 Å². The largest absolute Gasteiger partial charge is 0.381 e. The third-order valence-corrected chi connectivity index (χ3v) is 3.80. The summed E-state index contributed by atoms with van der Waals surface area (Å²) < 4.78 is 5.36. The molecule has 1 aliphatic heterocycles. The van der Waals surface area contributed by atoms with Gasteiger partial charge in [0, 0.05) is 30.7 Å². The Labute approximate surface area is 94.7 Å². The molecule has 1 fully saturated rings. The van der Waals surface area contributed by atoms with E-state index in [0.29, 0.717) is 5.92 Å². The van der Waals surface area contributed by atoms with E-state index in [9.17, 15) is 0 Å². The second kappa shape index (κ2) is 5.58. The summed E-state index contributed by atoms with van der Waals surface area (Å²) in [6, 6.07) is 0. The maximum atomic E-state index is 5.48. The van der Waals surface area contributed by atoms with E-state index < -0.39 is 0 Å². The summed E-state index contributed by atoms with van der Waals surface area (Å²) >= 11 is 1.84. The van der Waals surface area contributed by atoms with Gasteiger partial charge in [-0.25, -0.2) is 4.98 Å². The molecule has 0 aromatic carbocycles. The highest BCUT2D eigenvalue weighted by molar-refractivity contribution is 7.11. The molecule has 0 amide bonds. The van der Waals surface area contributed by atoms with E-state index in [1.165, 1.54) is 16.3 Å². The topological polar surface area (TPSA) is 48.1 Å². The zero-order valence-corrected chi connectivity index (χ0v) is 9.76. The lowest BCUT2D eigenvalue weighted by molar-refractivity contribution is 0.186. The SMILES string of the molecule is NCCCc1cnc(CC2CCOC2)s1. The van der Waals surface area contributed by atoms with Crippen LogP contribution in [0.2, 0.25) is 0 Å². The van der Waals surface area contributed by atoms with Crippen LogP contribution in [-0.2, 0) is 17.6 Å². The minimum absolute atomic E-state index is 0.693. The first-order valence-corrected chi connectivity index (χ1v) is 6.41. The Kier molecular flexibility index (Phi) is 4.11. The van der Waals surface area contributed by atoms with Gasteiger partial charge in [-0.3, -0.25) is 0 Å². The molecule has 1 aromatic heterocycles. The minimum atomic E-state index is 0.693. The first kappa shape index (κ1) is 11.0. The van der Waals surface area contributed by atoms with Crippen molar-refractivity contribution in [3.8, 4) is 0 Å². The van der Waals surface area contributed by atoms with Crippen molar-refractivity contribution in [2.45, 2.75) is 25.7 Å². The molecule has 3 nitrogen and oxygen atoms in total. The second-order valence-corrected chi connectivity index (χ2v) is 5.25. The van der Waals surface area contributed by atoms with E-state index in [0.717, 1.165) is 39.0 Å². The van der Waals surface area contributed by atoms with Crippen LogP contribution in [-0.4, -0.2) is 24.7 Å². The average Bonchev–Trinajstić information content (AvgIpc) is 2.87. The zero-order chi connectivity index (χ0) is 10.5. The number of ether oxygens (including phenoxy) is 1. The molecule has 1 saturated heterocycles. The standard InChI is InChI=1S/C11H18N2OS/c12-4-1-2-10-7-13-11(15-10)6-9-3-5-14-8-9/h7,9H,1-6,8,12H2. The number of rotatable bonds is 5. The van der Waals surface area contributed by atoms with Crippen LogP contribution < -0.4 is 5.73 Å². The maximum absolute atomic E-state index is 5.48. The minimum Gasteiger partial charge on any atom is -0.381 e. The summed E-state index contributed by atoms with van der Waals surface area (Å²) in [5.41, 5.74) is 5.48. The summed E-state index contributed by atoms with van der Waals surface area (Å²) in [6.45, 7) is 2.61. The Morgan fingerprint density at radius 2 is 2.53 bits per heavy atom. The van der Waals surface area contributed by atoms with Gasteiger partial charge < -0.3 is 10.5 Å². The third kappa shape index (κ3) is 3.26. The second-order valence-electron chi connectivity index (χ2n) is 4.05. The van der Waals surface area contributed by atoms with Gasteiger partial charge in [-0.1, -0.05) is 0 Å². The molecule has 0 radical (unpaired) electrons. The Morgan fingerprint density at radius 3 is 3.27 bits per heavy atom. The fraction of sp³-hybridized carbons (Fsp3) is 0.727. The van der Waals surface area contributed by atoms with E-state index in [-0.39, 0.29) is 0 Å². The fourth-order valence-corrected chi connectivity index (χ4v) is 2.90. The van der Waals surface area contributed by atoms with Gasteiger partial charge in [0.1, 0.15) is 0 Å². The molecule has 0 saturated carbocycles. The van der Waals surface area contributed by atoms with Crippen molar-refractivity contribution in [3.05, 3.63) is 16.1 Å². The maximum Gasteiger partial charge on any atom is 0.0931 e. The third-order valence-electron chi connectivity index (χ3n) is 2.72. The number of aromatic nitrogens is 1. The van der Waals surface area contributed by atoms with Gasteiger partial charge in [0.25, 0.3) is 0 Å². The van der Waals surface area contributed by atoms with Gasteiger partial charge >= 0.3 is 0 Å². The predicted molar refractivity (Wildman–Crippen MR) is 62.1 cm³/mol. The Morgan fingerprint density at radius 1 is 1.60 bits per heavy atom. The number of hydrogen-bond acceptors (Lipinski definition) is 4. The molecule has 1 aromatic rings.